The fourth-order valence-electron chi connectivity index (χ4n) is 1.73. The number of aromatic amines is 1. The Balaban J connectivity index is 2.21. The summed E-state index contributed by atoms with van der Waals surface area (Å²) in [6.07, 6.45) is 1.75. The van der Waals surface area contributed by atoms with Crippen molar-refractivity contribution in [3.8, 4) is 0 Å². The lowest BCUT2D eigenvalue weighted by atomic mass is 9.98. The number of nitrogens with two attached hydrogens (primary N) is 1. The normalized spacial score (nSPS) is 12.4. The van der Waals surface area contributed by atoms with Gasteiger partial charge in [0.25, 0.3) is 0 Å². The van der Waals surface area contributed by atoms with Crippen molar-refractivity contribution in [2.75, 3.05) is 6.54 Å². The maximum atomic E-state index is 12.0. The van der Waals surface area contributed by atoms with Gasteiger partial charge in [0.2, 0.25) is 5.78 Å². The van der Waals surface area contributed by atoms with Gasteiger partial charge in [-0.3, -0.25) is 4.79 Å². The summed E-state index contributed by atoms with van der Waals surface area (Å²) in [4.78, 5) is 14.9. The van der Waals surface area contributed by atoms with Crippen LogP contribution in [0.5, 0.6) is 0 Å². The number of benzene rings is 1. The largest absolute Gasteiger partial charge is 0.359 e. The van der Waals surface area contributed by atoms with E-state index < -0.39 is 0 Å². The molecule has 3 nitrogen and oxygen atoms in total. The minimum Gasteiger partial charge on any atom is -0.359 e. The molecule has 0 saturated heterocycles. The van der Waals surface area contributed by atoms with Crippen LogP contribution >= 0.6 is 0 Å². The monoisotopic (exact) mass is 228 g/mol. The molecule has 0 saturated carbocycles. The van der Waals surface area contributed by atoms with Gasteiger partial charge in [0.15, 0.2) is 0 Å². The van der Waals surface area contributed by atoms with E-state index in [1.165, 1.54) is 0 Å². The Morgan fingerprint density at radius 1 is 1.29 bits per heavy atom. The van der Waals surface area contributed by atoms with Crippen molar-refractivity contribution in [1.29, 1.82) is 0 Å². The van der Waals surface area contributed by atoms with E-state index in [4.69, 9.17) is 5.73 Å². The SMILES string of the molecule is CC(CN)c1ccc(C(=O)c2ccc[nH]2)cc1. The van der Waals surface area contributed by atoms with Crippen LogP contribution in [0.3, 0.4) is 0 Å². The molecule has 3 heteroatoms. The summed E-state index contributed by atoms with van der Waals surface area (Å²) in [5.74, 6) is 0.339. The number of hydrogen-bond donors (Lipinski definition) is 2. The second kappa shape index (κ2) is 4.97. The topological polar surface area (TPSA) is 58.9 Å². The molecule has 0 radical (unpaired) electrons. The first-order valence-electron chi connectivity index (χ1n) is 5.70. The molecule has 0 aliphatic carbocycles. The van der Waals surface area contributed by atoms with Crippen LogP contribution < -0.4 is 5.73 Å². The fraction of sp³-hybridized carbons (Fsp3) is 0.214. The Bertz CT molecular complexity index is 485. The molecule has 2 rings (SSSR count). The number of rotatable bonds is 4. The van der Waals surface area contributed by atoms with E-state index in [9.17, 15) is 4.79 Å². The van der Waals surface area contributed by atoms with Crippen LogP contribution in [0.4, 0.5) is 0 Å². The van der Waals surface area contributed by atoms with Crippen LogP contribution in [0, 0.1) is 0 Å². The van der Waals surface area contributed by atoms with E-state index >= 15 is 0 Å². The average molecular weight is 228 g/mol. The standard InChI is InChI=1S/C14H16N2O/c1-10(9-15)11-4-6-12(7-5-11)14(17)13-3-2-8-16-13/h2-8,10,16H,9,15H2,1H3. The maximum Gasteiger partial charge on any atom is 0.209 e. The van der Waals surface area contributed by atoms with E-state index in [1.54, 1.807) is 12.3 Å². The Labute approximate surface area is 101 Å². The minimum absolute atomic E-state index is 0.0157. The number of carbonyl (C=O) groups is 1. The molecule has 1 aromatic heterocycles. The first-order chi connectivity index (χ1) is 8.22. The lowest BCUT2D eigenvalue weighted by molar-refractivity contribution is 0.103. The molecule has 0 amide bonds. The molecule has 1 aromatic carbocycles. The van der Waals surface area contributed by atoms with Gasteiger partial charge < -0.3 is 10.7 Å². The van der Waals surface area contributed by atoms with Gasteiger partial charge in [-0.05, 0) is 30.2 Å². The zero-order valence-electron chi connectivity index (χ0n) is 9.81. The van der Waals surface area contributed by atoms with Crippen molar-refractivity contribution in [2.24, 2.45) is 5.73 Å². The zero-order chi connectivity index (χ0) is 12.3. The van der Waals surface area contributed by atoms with Gasteiger partial charge in [-0.25, -0.2) is 0 Å². The Morgan fingerprint density at radius 2 is 2.00 bits per heavy atom. The van der Waals surface area contributed by atoms with Gasteiger partial charge in [-0.1, -0.05) is 31.2 Å². The van der Waals surface area contributed by atoms with Crippen LogP contribution in [0.1, 0.15) is 34.5 Å². The highest BCUT2D eigenvalue weighted by molar-refractivity contribution is 6.07. The second-order valence-corrected chi connectivity index (χ2v) is 4.17. The summed E-state index contributed by atoms with van der Waals surface area (Å²) >= 11 is 0. The Kier molecular flexibility index (Phi) is 3.40. The number of hydrogen-bond acceptors (Lipinski definition) is 2. The zero-order valence-corrected chi connectivity index (χ0v) is 9.81. The summed E-state index contributed by atoms with van der Waals surface area (Å²) in [6, 6.07) is 11.2. The van der Waals surface area contributed by atoms with Crippen molar-refractivity contribution < 1.29 is 4.79 Å². The van der Waals surface area contributed by atoms with Gasteiger partial charge in [0, 0.05) is 11.8 Å². The Hall–Kier alpha value is -1.87. The van der Waals surface area contributed by atoms with Crippen molar-refractivity contribution in [2.45, 2.75) is 12.8 Å². The van der Waals surface area contributed by atoms with Gasteiger partial charge in [0.05, 0.1) is 5.69 Å². The van der Waals surface area contributed by atoms with E-state index in [2.05, 4.69) is 11.9 Å². The lowest BCUT2D eigenvalue weighted by Gasteiger charge is -2.09. The highest BCUT2D eigenvalue weighted by atomic mass is 16.1. The number of nitrogens with one attached hydrogen (secondary N) is 1. The number of aromatic nitrogens is 1. The van der Waals surface area contributed by atoms with E-state index in [-0.39, 0.29) is 5.78 Å². The highest BCUT2D eigenvalue weighted by Crippen LogP contribution is 2.16. The smallest absolute Gasteiger partial charge is 0.209 e. The quantitative estimate of drug-likeness (QED) is 0.789. The number of ketones is 1. The first kappa shape index (κ1) is 11.6. The molecule has 0 aliphatic heterocycles. The second-order valence-electron chi connectivity index (χ2n) is 4.17. The lowest BCUT2D eigenvalue weighted by Crippen LogP contribution is -2.09. The summed E-state index contributed by atoms with van der Waals surface area (Å²) in [5, 5.41) is 0. The van der Waals surface area contributed by atoms with E-state index in [0.717, 1.165) is 5.56 Å². The molecule has 0 aliphatic rings. The molecular weight excluding hydrogens is 212 g/mol. The Morgan fingerprint density at radius 3 is 2.53 bits per heavy atom. The third kappa shape index (κ3) is 2.45. The van der Waals surface area contributed by atoms with Gasteiger partial charge >= 0.3 is 0 Å². The van der Waals surface area contributed by atoms with Crippen LogP contribution in [0.25, 0.3) is 0 Å². The van der Waals surface area contributed by atoms with Crippen molar-refractivity contribution in [3.63, 3.8) is 0 Å². The molecule has 88 valence electrons. The molecule has 0 spiro atoms. The van der Waals surface area contributed by atoms with Crippen LogP contribution in [-0.4, -0.2) is 17.3 Å². The molecule has 1 unspecified atom stereocenters. The predicted octanol–water partition coefficient (Wildman–Crippen LogP) is 2.31. The molecule has 2 aromatic rings. The van der Waals surface area contributed by atoms with Crippen LogP contribution in [0.15, 0.2) is 42.6 Å². The van der Waals surface area contributed by atoms with Crippen molar-refractivity contribution in [3.05, 3.63) is 59.4 Å². The van der Waals surface area contributed by atoms with E-state index in [0.29, 0.717) is 23.7 Å². The van der Waals surface area contributed by atoms with Crippen LogP contribution in [-0.2, 0) is 0 Å². The van der Waals surface area contributed by atoms with Crippen LogP contribution in [0.2, 0.25) is 0 Å². The molecule has 0 bridgehead atoms. The number of carbonyl (C=O) groups excluding carboxylic acids is 1. The van der Waals surface area contributed by atoms with Gasteiger partial charge in [0.1, 0.15) is 0 Å². The summed E-state index contributed by atoms with van der Waals surface area (Å²) in [6.45, 7) is 2.69. The summed E-state index contributed by atoms with van der Waals surface area (Å²) in [7, 11) is 0. The van der Waals surface area contributed by atoms with Gasteiger partial charge in [-0.15, -0.1) is 0 Å². The third-order valence-corrected chi connectivity index (χ3v) is 2.94. The van der Waals surface area contributed by atoms with Gasteiger partial charge in [-0.2, -0.15) is 0 Å². The fourth-order valence-corrected chi connectivity index (χ4v) is 1.73. The van der Waals surface area contributed by atoms with E-state index in [1.807, 2.05) is 30.3 Å². The first-order valence-corrected chi connectivity index (χ1v) is 5.70. The van der Waals surface area contributed by atoms with Crippen molar-refractivity contribution in [1.82, 2.24) is 4.98 Å². The number of H-pyrrole nitrogens is 1. The predicted molar refractivity (Wildman–Crippen MR) is 68.1 cm³/mol. The molecular formula is C14H16N2O. The highest BCUT2D eigenvalue weighted by Gasteiger charge is 2.10. The average Bonchev–Trinajstić information content (AvgIpc) is 2.91. The maximum absolute atomic E-state index is 12.0. The molecule has 1 atom stereocenters. The summed E-state index contributed by atoms with van der Waals surface area (Å²) < 4.78 is 0. The van der Waals surface area contributed by atoms with Crippen molar-refractivity contribution >= 4 is 5.78 Å². The molecule has 17 heavy (non-hydrogen) atoms. The molecule has 1 heterocycles. The molecule has 0 fully saturated rings. The molecule has 3 N–H and O–H groups in total. The summed E-state index contributed by atoms with van der Waals surface area (Å²) in [5.41, 5.74) is 8.08. The minimum atomic E-state index is 0.0157. The third-order valence-electron chi connectivity index (χ3n) is 2.94.